The number of ketones is 1. The van der Waals surface area contributed by atoms with Gasteiger partial charge in [0.2, 0.25) is 0 Å². The Labute approximate surface area is 126 Å². The third-order valence-corrected chi connectivity index (χ3v) is 3.39. The molecule has 0 aromatic heterocycles. The lowest BCUT2D eigenvalue weighted by molar-refractivity contribution is -0.385. The molecule has 106 valence electrons. The van der Waals surface area contributed by atoms with Crippen LogP contribution in [0.15, 0.2) is 46.9 Å². The predicted molar refractivity (Wildman–Crippen MR) is 77.3 cm³/mol. The number of carbonyl (C=O) groups is 1. The summed E-state index contributed by atoms with van der Waals surface area (Å²) in [4.78, 5) is 32.6. The number of carbonyl (C=O) groups excluding carboxylic acids is 1. The van der Waals surface area contributed by atoms with Crippen LogP contribution in [0.25, 0.3) is 0 Å². The number of hydrogen-bond acceptors (Lipinski definition) is 5. The number of halogens is 1. The highest BCUT2D eigenvalue weighted by Crippen LogP contribution is 2.27. The van der Waals surface area contributed by atoms with Crippen LogP contribution in [-0.4, -0.2) is 15.6 Å². The average Bonchev–Trinajstić information content (AvgIpc) is 2.46. The lowest BCUT2D eigenvalue weighted by atomic mass is 10.0. The molecule has 0 N–H and O–H groups in total. The van der Waals surface area contributed by atoms with Crippen LogP contribution in [-0.2, 0) is 0 Å². The van der Waals surface area contributed by atoms with E-state index in [1.54, 1.807) is 0 Å². The van der Waals surface area contributed by atoms with E-state index in [9.17, 15) is 25.0 Å². The minimum absolute atomic E-state index is 0.0883. The van der Waals surface area contributed by atoms with E-state index in [4.69, 9.17) is 0 Å². The second kappa shape index (κ2) is 5.80. The second-order valence-electron chi connectivity index (χ2n) is 4.06. The Balaban J connectivity index is 2.45. The van der Waals surface area contributed by atoms with E-state index in [0.29, 0.717) is 0 Å². The lowest BCUT2D eigenvalue weighted by Crippen LogP contribution is -2.03. The van der Waals surface area contributed by atoms with Crippen molar-refractivity contribution < 1.29 is 14.6 Å². The molecule has 2 aromatic rings. The van der Waals surface area contributed by atoms with E-state index in [0.717, 1.165) is 12.1 Å². The molecule has 0 saturated heterocycles. The molecular weight excluding hydrogens is 344 g/mol. The molecule has 0 radical (unpaired) electrons. The summed E-state index contributed by atoms with van der Waals surface area (Å²) in [6.45, 7) is 0. The third-order valence-electron chi connectivity index (χ3n) is 2.72. The molecule has 0 heterocycles. The van der Waals surface area contributed by atoms with Gasteiger partial charge in [0, 0.05) is 29.3 Å². The van der Waals surface area contributed by atoms with Crippen LogP contribution >= 0.6 is 15.9 Å². The zero-order chi connectivity index (χ0) is 15.6. The first-order chi connectivity index (χ1) is 9.90. The SMILES string of the molecule is O=C(c1cccc([N+](=O)[O-])c1)c1ccc(Br)c([N+](=O)[O-])c1. The zero-order valence-corrected chi connectivity index (χ0v) is 11.9. The molecular formula is C13H7BrN2O5. The maximum Gasteiger partial charge on any atom is 0.284 e. The Morgan fingerprint density at radius 1 is 0.952 bits per heavy atom. The fourth-order valence-corrected chi connectivity index (χ4v) is 2.11. The number of rotatable bonds is 4. The maximum atomic E-state index is 12.2. The van der Waals surface area contributed by atoms with Crippen molar-refractivity contribution in [1.82, 2.24) is 0 Å². The van der Waals surface area contributed by atoms with Gasteiger partial charge in [-0.25, -0.2) is 0 Å². The van der Waals surface area contributed by atoms with E-state index in [1.807, 2.05) is 0 Å². The summed E-state index contributed by atoms with van der Waals surface area (Å²) in [5, 5.41) is 21.6. The standard InChI is InChI=1S/C13H7BrN2O5/c14-11-5-4-9(7-12(11)16(20)21)13(17)8-2-1-3-10(6-8)15(18)19/h1-7H. The smallest absolute Gasteiger partial charge is 0.284 e. The van der Waals surface area contributed by atoms with Crippen molar-refractivity contribution in [3.63, 3.8) is 0 Å². The highest BCUT2D eigenvalue weighted by Gasteiger charge is 2.18. The summed E-state index contributed by atoms with van der Waals surface area (Å²) in [5.74, 6) is -0.519. The lowest BCUT2D eigenvalue weighted by Gasteiger charge is -2.02. The first-order valence-electron chi connectivity index (χ1n) is 5.63. The molecule has 8 heteroatoms. The van der Waals surface area contributed by atoms with Gasteiger partial charge in [0.25, 0.3) is 11.4 Å². The summed E-state index contributed by atoms with van der Waals surface area (Å²) in [6, 6.07) is 9.14. The Bertz CT molecular complexity index is 760. The predicted octanol–water partition coefficient (Wildman–Crippen LogP) is 3.50. The molecule has 0 saturated carbocycles. The van der Waals surface area contributed by atoms with Gasteiger partial charge in [-0.3, -0.25) is 25.0 Å². The van der Waals surface area contributed by atoms with Crippen LogP contribution in [0.1, 0.15) is 15.9 Å². The van der Waals surface area contributed by atoms with Gasteiger partial charge >= 0.3 is 0 Å². The molecule has 2 rings (SSSR count). The number of hydrogen-bond donors (Lipinski definition) is 0. The fourth-order valence-electron chi connectivity index (χ4n) is 1.72. The van der Waals surface area contributed by atoms with Crippen LogP contribution < -0.4 is 0 Å². The van der Waals surface area contributed by atoms with Gasteiger partial charge in [-0.2, -0.15) is 0 Å². The van der Waals surface area contributed by atoms with Gasteiger partial charge in [0.15, 0.2) is 5.78 Å². The number of nitrogens with zero attached hydrogens (tertiary/aromatic N) is 2. The van der Waals surface area contributed by atoms with Crippen LogP contribution in [0.4, 0.5) is 11.4 Å². The molecule has 2 aromatic carbocycles. The van der Waals surface area contributed by atoms with Crippen molar-refractivity contribution in [2.75, 3.05) is 0 Å². The maximum absolute atomic E-state index is 12.2. The van der Waals surface area contributed by atoms with Crippen molar-refractivity contribution in [1.29, 1.82) is 0 Å². The van der Waals surface area contributed by atoms with Crippen LogP contribution in [0, 0.1) is 20.2 Å². The average molecular weight is 351 g/mol. The van der Waals surface area contributed by atoms with Gasteiger partial charge < -0.3 is 0 Å². The first-order valence-corrected chi connectivity index (χ1v) is 6.42. The highest BCUT2D eigenvalue weighted by atomic mass is 79.9. The van der Waals surface area contributed by atoms with E-state index < -0.39 is 15.6 Å². The summed E-state index contributed by atoms with van der Waals surface area (Å²) in [5.41, 5.74) is -0.273. The van der Waals surface area contributed by atoms with Crippen molar-refractivity contribution in [3.8, 4) is 0 Å². The minimum atomic E-state index is -0.617. The largest absolute Gasteiger partial charge is 0.289 e. The van der Waals surface area contributed by atoms with Crippen molar-refractivity contribution in [3.05, 3.63) is 78.3 Å². The Kier molecular flexibility index (Phi) is 4.08. The highest BCUT2D eigenvalue weighted by molar-refractivity contribution is 9.10. The second-order valence-corrected chi connectivity index (χ2v) is 4.91. The molecule has 7 nitrogen and oxygen atoms in total. The fraction of sp³-hybridized carbons (Fsp3) is 0. The Hall–Kier alpha value is -2.61. The normalized spacial score (nSPS) is 10.1. The molecule has 0 fully saturated rings. The van der Waals surface area contributed by atoms with Crippen LogP contribution in [0.2, 0.25) is 0 Å². The van der Waals surface area contributed by atoms with Gasteiger partial charge in [0.1, 0.15) is 0 Å². The van der Waals surface area contributed by atoms with Crippen LogP contribution in [0.5, 0.6) is 0 Å². The van der Waals surface area contributed by atoms with Crippen molar-refractivity contribution >= 4 is 33.1 Å². The molecule has 0 aliphatic rings. The third kappa shape index (κ3) is 3.11. The number of non-ortho nitro benzene ring substituents is 1. The number of nitro groups is 2. The van der Waals surface area contributed by atoms with Crippen molar-refractivity contribution in [2.24, 2.45) is 0 Å². The molecule has 0 atom stereocenters. The van der Waals surface area contributed by atoms with E-state index in [1.165, 1.54) is 30.3 Å². The topological polar surface area (TPSA) is 103 Å². The Morgan fingerprint density at radius 2 is 1.62 bits per heavy atom. The van der Waals surface area contributed by atoms with Crippen molar-refractivity contribution in [2.45, 2.75) is 0 Å². The van der Waals surface area contributed by atoms with Gasteiger partial charge in [0.05, 0.1) is 14.3 Å². The summed E-state index contributed by atoms with van der Waals surface area (Å²) in [6.07, 6.45) is 0. The van der Waals surface area contributed by atoms with E-state index >= 15 is 0 Å². The molecule has 0 aliphatic heterocycles. The van der Waals surface area contributed by atoms with E-state index in [2.05, 4.69) is 15.9 Å². The summed E-state index contributed by atoms with van der Waals surface area (Å²) in [7, 11) is 0. The molecule has 0 unspecified atom stereocenters. The monoisotopic (exact) mass is 350 g/mol. The van der Waals surface area contributed by atoms with Gasteiger partial charge in [-0.05, 0) is 28.1 Å². The number of benzene rings is 2. The van der Waals surface area contributed by atoms with Gasteiger partial charge in [-0.1, -0.05) is 12.1 Å². The number of nitro benzene ring substituents is 2. The molecule has 0 spiro atoms. The van der Waals surface area contributed by atoms with Gasteiger partial charge in [-0.15, -0.1) is 0 Å². The minimum Gasteiger partial charge on any atom is -0.289 e. The molecule has 0 aliphatic carbocycles. The van der Waals surface area contributed by atoms with Crippen LogP contribution in [0.3, 0.4) is 0 Å². The first kappa shape index (κ1) is 14.8. The molecule has 0 amide bonds. The summed E-state index contributed by atoms with van der Waals surface area (Å²) >= 11 is 3.02. The zero-order valence-electron chi connectivity index (χ0n) is 10.4. The Morgan fingerprint density at radius 3 is 2.24 bits per heavy atom. The molecule has 0 bridgehead atoms. The van der Waals surface area contributed by atoms with E-state index in [-0.39, 0.29) is 27.0 Å². The molecule has 21 heavy (non-hydrogen) atoms. The quantitative estimate of drug-likeness (QED) is 0.476. The summed E-state index contributed by atoms with van der Waals surface area (Å²) < 4.78 is 0.253.